The summed E-state index contributed by atoms with van der Waals surface area (Å²) < 4.78 is 0. The molecule has 0 bridgehead atoms. The first-order chi connectivity index (χ1) is 8.49. The van der Waals surface area contributed by atoms with Crippen molar-refractivity contribution in [3.8, 4) is 0 Å². The van der Waals surface area contributed by atoms with Crippen LogP contribution in [0.1, 0.15) is 12.8 Å². The second-order valence-corrected chi connectivity index (χ2v) is 4.29. The van der Waals surface area contributed by atoms with Crippen molar-refractivity contribution < 1.29 is 19.5 Å². The molecule has 3 amide bonds. The van der Waals surface area contributed by atoms with E-state index in [4.69, 9.17) is 10.8 Å². The molecule has 1 atom stereocenters. The quantitative estimate of drug-likeness (QED) is 0.604. The predicted octanol–water partition coefficient (Wildman–Crippen LogP) is 0.588. The molecule has 18 heavy (non-hydrogen) atoms. The van der Waals surface area contributed by atoms with Gasteiger partial charge in [0.25, 0.3) is 0 Å². The normalized spacial score (nSPS) is 11.6. The van der Waals surface area contributed by atoms with Crippen molar-refractivity contribution in [3.05, 3.63) is 16.8 Å². The van der Waals surface area contributed by atoms with Crippen LogP contribution in [-0.2, 0) is 9.59 Å². The van der Waals surface area contributed by atoms with E-state index in [1.54, 1.807) is 16.8 Å². The molecule has 0 radical (unpaired) electrons. The van der Waals surface area contributed by atoms with Gasteiger partial charge in [-0.15, -0.1) is 0 Å². The Morgan fingerprint density at radius 2 is 2.17 bits per heavy atom. The molecule has 0 spiro atoms. The third-order valence-corrected chi connectivity index (χ3v) is 2.75. The first-order valence-corrected chi connectivity index (χ1v) is 6.04. The van der Waals surface area contributed by atoms with Gasteiger partial charge in [0.05, 0.1) is 5.69 Å². The van der Waals surface area contributed by atoms with Crippen molar-refractivity contribution >= 4 is 34.9 Å². The Morgan fingerprint density at radius 3 is 2.67 bits per heavy atom. The molecule has 0 aliphatic carbocycles. The molecule has 8 heteroatoms. The van der Waals surface area contributed by atoms with E-state index in [2.05, 4.69) is 10.6 Å². The van der Waals surface area contributed by atoms with Crippen LogP contribution in [0.15, 0.2) is 16.8 Å². The Balaban J connectivity index is 2.47. The van der Waals surface area contributed by atoms with Gasteiger partial charge in [0.2, 0.25) is 5.91 Å². The van der Waals surface area contributed by atoms with Gasteiger partial charge in [-0.3, -0.25) is 4.79 Å². The van der Waals surface area contributed by atoms with Crippen molar-refractivity contribution in [3.63, 3.8) is 0 Å². The van der Waals surface area contributed by atoms with Crippen LogP contribution in [0.4, 0.5) is 10.5 Å². The second-order valence-electron chi connectivity index (χ2n) is 3.51. The number of hydrogen-bond acceptors (Lipinski definition) is 4. The second kappa shape index (κ2) is 6.60. The average molecular weight is 271 g/mol. The summed E-state index contributed by atoms with van der Waals surface area (Å²) in [6, 6.07) is -0.0925. The van der Waals surface area contributed by atoms with Gasteiger partial charge in [-0.1, -0.05) is 0 Å². The van der Waals surface area contributed by atoms with Gasteiger partial charge in [-0.25, -0.2) is 9.59 Å². The minimum atomic E-state index is -1.21. The molecule has 1 rings (SSSR count). The molecule has 0 saturated heterocycles. The van der Waals surface area contributed by atoms with Crippen LogP contribution in [-0.4, -0.2) is 29.1 Å². The third kappa shape index (κ3) is 4.83. The number of rotatable bonds is 6. The van der Waals surface area contributed by atoms with Crippen LogP contribution >= 0.6 is 11.3 Å². The first-order valence-electron chi connectivity index (χ1n) is 5.10. The number of primary amides is 1. The summed E-state index contributed by atoms with van der Waals surface area (Å²) in [5, 5.41) is 17.1. The van der Waals surface area contributed by atoms with Crippen molar-refractivity contribution in [2.45, 2.75) is 18.9 Å². The molecule has 1 heterocycles. The summed E-state index contributed by atoms with van der Waals surface area (Å²) in [7, 11) is 0. The highest BCUT2D eigenvalue weighted by Crippen LogP contribution is 2.11. The smallest absolute Gasteiger partial charge is 0.326 e. The number of anilines is 1. The van der Waals surface area contributed by atoms with E-state index in [-0.39, 0.29) is 12.8 Å². The first kappa shape index (κ1) is 14.0. The maximum atomic E-state index is 11.5. The number of carbonyl (C=O) groups is 3. The van der Waals surface area contributed by atoms with Crippen molar-refractivity contribution in [1.29, 1.82) is 0 Å². The lowest BCUT2D eigenvalue weighted by molar-refractivity contribution is -0.139. The number of aliphatic carboxylic acids is 1. The lowest BCUT2D eigenvalue weighted by atomic mass is 10.1. The Hall–Kier alpha value is -2.09. The number of nitrogens with one attached hydrogen (secondary N) is 2. The number of carbonyl (C=O) groups excluding carboxylic acids is 2. The monoisotopic (exact) mass is 271 g/mol. The molecule has 0 saturated carbocycles. The highest BCUT2D eigenvalue weighted by molar-refractivity contribution is 7.08. The number of thiophene rings is 1. The zero-order chi connectivity index (χ0) is 13.5. The number of carboxylic acids is 1. The molecule has 1 aromatic rings. The van der Waals surface area contributed by atoms with Crippen molar-refractivity contribution in [2.75, 3.05) is 5.32 Å². The number of nitrogens with two attached hydrogens (primary N) is 1. The molecule has 1 unspecified atom stereocenters. The summed E-state index contributed by atoms with van der Waals surface area (Å²) in [5.41, 5.74) is 5.50. The molecule has 0 fully saturated rings. The van der Waals surface area contributed by atoms with Crippen molar-refractivity contribution in [1.82, 2.24) is 5.32 Å². The van der Waals surface area contributed by atoms with Crippen LogP contribution in [0.5, 0.6) is 0 Å². The Morgan fingerprint density at radius 1 is 1.44 bits per heavy atom. The maximum Gasteiger partial charge on any atom is 0.326 e. The SMILES string of the molecule is NC(=O)CCC(NC(=O)Nc1ccsc1)C(=O)O. The number of carboxylic acid groups (broad SMARTS) is 1. The van der Waals surface area contributed by atoms with Gasteiger partial charge in [0.1, 0.15) is 6.04 Å². The summed E-state index contributed by atoms with van der Waals surface area (Å²) >= 11 is 1.40. The maximum absolute atomic E-state index is 11.5. The van der Waals surface area contributed by atoms with E-state index < -0.39 is 23.9 Å². The number of urea groups is 1. The fraction of sp³-hybridized carbons (Fsp3) is 0.300. The third-order valence-electron chi connectivity index (χ3n) is 2.06. The molecule has 0 aliphatic rings. The van der Waals surface area contributed by atoms with Crippen LogP contribution in [0.2, 0.25) is 0 Å². The van der Waals surface area contributed by atoms with Gasteiger partial charge in [0.15, 0.2) is 0 Å². The van der Waals surface area contributed by atoms with Crippen LogP contribution < -0.4 is 16.4 Å². The minimum absolute atomic E-state index is 0.0400. The zero-order valence-electron chi connectivity index (χ0n) is 9.38. The van der Waals surface area contributed by atoms with E-state index in [1.165, 1.54) is 11.3 Å². The van der Waals surface area contributed by atoms with Gasteiger partial charge in [-0.05, 0) is 17.9 Å². The summed E-state index contributed by atoms with van der Waals surface area (Å²) in [5.74, 6) is -1.82. The number of hydrogen-bond donors (Lipinski definition) is 4. The fourth-order valence-electron chi connectivity index (χ4n) is 1.20. The van der Waals surface area contributed by atoms with E-state index in [0.29, 0.717) is 5.69 Å². The zero-order valence-corrected chi connectivity index (χ0v) is 10.2. The summed E-state index contributed by atoms with van der Waals surface area (Å²) in [6.07, 6.45) is -0.141. The van der Waals surface area contributed by atoms with Crippen LogP contribution in [0.25, 0.3) is 0 Å². The lowest BCUT2D eigenvalue weighted by Gasteiger charge is -2.13. The highest BCUT2D eigenvalue weighted by atomic mass is 32.1. The molecule has 7 nitrogen and oxygen atoms in total. The fourth-order valence-corrected chi connectivity index (χ4v) is 1.79. The standard InChI is InChI=1S/C10H13N3O4S/c11-8(14)2-1-7(9(15)16)13-10(17)12-6-3-4-18-5-6/h3-5,7H,1-2H2,(H2,11,14)(H,15,16)(H2,12,13,17). The van der Waals surface area contributed by atoms with Gasteiger partial charge < -0.3 is 21.5 Å². The van der Waals surface area contributed by atoms with E-state index >= 15 is 0 Å². The minimum Gasteiger partial charge on any atom is -0.480 e. The lowest BCUT2D eigenvalue weighted by Crippen LogP contribution is -2.43. The van der Waals surface area contributed by atoms with Gasteiger partial charge in [0, 0.05) is 11.8 Å². The molecular formula is C10H13N3O4S. The summed E-state index contributed by atoms with van der Waals surface area (Å²) in [6.45, 7) is 0. The predicted molar refractivity (Wildman–Crippen MR) is 66.3 cm³/mol. The van der Waals surface area contributed by atoms with Crippen molar-refractivity contribution in [2.24, 2.45) is 5.73 Å². The number of amides is 3. The Labute approximate surface area is 107 Å². The topological polar surface area (TPSA) is 122 Å². The molecule has 98 valence electrons. The van der Waals surface area contributed by atoms with Gasteiger partial charge >= 0.3 is 12.0 Å². The highest BCUT2D eigenvalue weighted by Gasteiger charge is 2.20. The molecule has 5 N–H and O–H groups in total. The largest absolute Gasteiger partial charge is 0.480 e. The van der Waals surface area contributed by atoms with Crippen LogP contribution in [0, 0.1) is 0 Å². The Bertz CT molecular complexity index is 432. The summed E-state index contributed by atoms with van der Waals surface area (Å²) in [4.78, 5) is 32.9. The van der Waals surface area contributed by atoms with E-state index in [9.17, 15) is 14.4 Å². The molecule has 1 aromatic heterocycles. The molecule has 0 aliphatic heterocycles. The van der Waals surface area contributed by atoms with E-state index in [0.717, 1.165) is 0 Å². The van der Waals surface area contributed by atoms with Gasteiger partial charge in [-0.2, -0.15) is 11.3 Å². The molecular weight excluding hydrogens is 258 g/mol. The molecule has 0 aromatic carbocycles. The average Bonchev–Trinajstić information content (AvgIpc) is 2.76. The van der Waals surface area contributed by atoms with Crippen LogP contribution in [0.3, 0.4) is 0 Å². The van der Waals surface area contributed by atoms with E-state index in [1.807, 2.05) is 0 Å². The Kier molecular flexibility index (Phi) is 5.12.